The molecule has 0 radical (unpaired) electrons. The standard InChI is InChI=1S/C19H21N5O/c25-18-16(13-15-5-1-2-6-17(15)22-18)14-23-9-4-10-24(12-11-23)19-20-7-3-8-21-19/h1-3,5-8,13H,4,9-12,14H2,(H,22,25). The first-order valence-corrected chi connectivity index (χ1v) is 8.65. The van der Waals surface area contributed by atoms with Crippen LogP contribution in [0.15, 0.2) is 53.6 Å². The Morgan fingerprint density at radius 2 is 1.84 bits per heavy atom. The largest absolute Gasteiger partial charge is 0.339 e. The van der Waals surface area contributed by atoms with Crippen molar-refractivity contribution in [3.05, 3.63) is 64.7 Å². The number of aromatic nitrogens is 3. The average molecular weight is 335 g/mol. The van der Waals surface area contributed by atoms with Gasteiger partial charge in [-0.3, -0.25) is 9.69 Å². The van der Waals surface area contributed by atoms with E-state index in [-0.39, 0.29) is 5.56 Å². The van der Waals surface area contributed by atoms with Gasteiger partial charge in [-0.15, -0.1) is 0 Å². The highest BCUT2D eigenvalue weighted by atomic mass is 16.1. The van der Waals surface area contributed by atoms with Crippen molar-refractivity contribution in [1.29, 1.82) is 0 Å². The van der Waals surface area contributed by atoms with Gasteiger partial charge in [-0.2, -0.15) is 0 Å². The van der Waals surface area contributed by atoms with Crippen molar-refractivity contribution < 1.29 is 0 Å². The minimum Gasteiger partial charge on any atom is -0.339 e. The molecule has 0 amide bonds. The van der Waals surface area contributed by atoms with Crippen LogP contribution in [0.25, 0.3) is 10.9 Å². The van der Waals surface area contributed by atoms with Crippen LogP contribution in [-0.2, 0) is 6.54 Å². The maximum atomic E-state index is 12.4. The Bertz CT molecular complexity index is 908. The number of hydrogen-bond donors (Lipinski definition) is 1. The summed E-state index contributed by atoms with van der Waals surface area (Å²) < 4.78 is 0. The van der Waals surface area contributed by atoms with E-state index in [1.165, 1.54) is 0 Å². The SMILES string of the molecule is O=c1[nH]c2ccccc2cc1CN1CCCN(c2ncccn2)CC1. The topological polar surface area (TPSA) is 65.1 Å². The molecule has 3 aromatic rings. The number of hydrogen-bond acceptors (Lipinski definition) is 5. The molecule has 0 atom stereocenters. The summed E-state index contributed by atoms with van der Waals surface area (Å²) in [6.45, 7) is 4.34. The lowest BCUT2D eigenvalue weighted by molar-refractivity contribution is 0.284. The Balaban J connectivity index is 1.48. The monoisotopic (exact) mass is 335 g/mol. The van der Waals surface area contributed by atoms with Crippen molar-refractivity contribution in [2.45, 2.75) is 13.0 Å². The van der Waals surface area contributed by atoms with Crippen LogP contribution in [-0.4, -0.2) is 46.0 Å². The molecule has 3 heterocycles. The predicted molar refractivity (Wildman–Crippen MR) is 98.7 cm³/mol. The Morgan fingerprint density at radius 1 is 1.00 bits per heavy atom. The van der Waals surface area contributed by atoms with Gasteiger partial charge >= 0.3 is 0 Å². The van der Waals surface area contributed by atoms with E-state index >= 15 is 0 Å². The molecule has 1 fully saturated rings. The van der Waals surface area contributed by atoms with Gasteiger partial charge < -0.3 is 9.88 Å². The van der Waals surface area contributed by atoms with Crippen LogP contribution >= 0.6 is 0 Å². The number of H-pyrrole nitrogens is 1. The van der Waals surface area contributed by atoms with Gasteiger partial charge in [-0.25, -0.2) is 9.97 Å². The Morgan fingerprint density at radius 3 is 2.72 bits per heavy atom. The van der Waals surface area contributed by atoms with E-state index in [1.807, 2.05) is 36.4 Å². The van der Waals surface area contributed by atoms with E-state index in [1.54, 1.807) is 12.4 Å². The maximum absolute atomic E-state index is 12.4. The number of benzene rings is 1. The zero-order valence-corrected chi connectivity index (χ0v) is 14.1. The minimum atomic E-state index is 0.00574. The van der Waals surface area contributed by atoms with Gasteiger partial charge in [-0.05, 0) is 30.0 Å². The van der Waals surface area contributed by atoms with E-state index < -0.39 is 0 Å². The Hall–Kier alpha value is -2.73. The fourth-order valence-corrected chi connectivity index (χ4v) is 3.33. The summed E-state index contributed by atoms with van der Waals surface area (Å²) in [4.78, 5) is 28.6. The maximum Gasteiger partial charge on any atom is 0.252 e. The molecule has 4 rings (SSSR count). The molecular formula is C19H21N5O. The molecule has 0 saturated carbocycles. The van der Waals surface area contributed by atoms with Gasteiger partial charge in [0, 0.05) is 56.2 Å². The minimum absolute atomic E-state index is 0.00574. The van der Waals surface area contributed by atoms with E-state index in [9.17, 15) is 4.79 Å². The lowest BCUT2D eigenvalue weighted by Crippen LogP contribution is -2.32. The lowest BCUT2D eigenvalue weighted by atomic mass is 10.1. The summed E-state index contributed by atoms with van der Waals surface area (Å²) in [5.41, 5.74) is 1.72. The van der Waals surface area contributed by atoms with Gasteiger partial charge in [0.25, 0.3) is 5.56 Å². The van der Waals surface area contributed by atoms with Crippen LogP contribution in [0.2, 0.25) is 0 Å². The summed E-state index contributed by atoms with van der Waals surface area (Å²) in [7, 11) is 0. The second-order valence-corrected chi connectivity index (χ2v) is 6.38. The first-order valence-electron chi connectivity index (χ1n) is 8.65. The molecule has 128 valence electrons. The zero-order valence-electron chi connectivity index (χ0n) is 14.1. The third-order valence-corrected chi connectivity index (χ3v) is 4.65. The third-order valence-electron chi connectivity index (χ3n) is 4.65. The molecule has 0 bridgehead atoms. The summed E-state index contributed by atoms with van der Waals surface area (Å²) >= 11 is 0. The predicted octanol–water partition coefficient (Wildman–Crippen LogP) is 2.03. The molecule has 0 spiro atoms. The normalized spacial score (nSPS) is 16.1. The van der Waals surface area contributed by atoms with Gasteiger partial charge in [0.05, 0.1) is 0 Å². The number of rotatable bonds is 3. The molecule has 1 saturated heterocycles. The van der Waals surface area contributed by atoms with Crippen LogP contribution in [0.4, 0.5) is 5.95 Å². The smallest absolute Gasteiger partial charge is 0.252 e. The number of nitrogens with zero attached hydrogens (tertiary/aromatic N) is 4. The highest BCUT2D eigenvalue weighted by Gasteiger charge is 2.17. The molecule has 25 heavy (non-hydrogen) atoms. The summed E-state index contributed by atoms with van der Waals surface area (Å²) in [5, 5.41) is 1.08. The molecule has 1 aromatic carbocycles. The Kier molecular flexibility index (Phi) is 4.43. The van der Waals surface area contributed by atoms with Crippen molar-refractivity contribution in [2.24, 2.45) is 0 Å². The number of fused-ring (bicyclic) bond motifs is 1. The van der Waals surface area contributed by atoms with E-state index in [0.29, 0.717) is 6.54 Å². The fourth-order valence-electron chi connectivity index (χ4n) is 3.33. The van der Waals surface area contributed by atoms with Crippen LogP contribution in [0, 0.1) is 0 Å². The number of aromatic amines is 1. The molecule has 1 aliphatic heterocycles. The molecular weight excluding hydrogens is 314 g/mol. The van der Waals surface area contributed by atoms with Crippen molar-refractivity contribution in [1.82, 2.24) is 19.9 Å². The van der Waals surface area contributed by atoms with Gasteiger partial charge in [0.1, 0.15) is 0 Å². The molecule has 6 heteroatoms. The molecule has 0 aliphatic carbocycles. The molecule has 6 nitrogen and oxygen atoms in total. The molecule has 0 unspecified atom stereocenters. The zero-order chi connectivity index (χ0) is 17.1. The van der Waals surface area contributed by atoms with Gasteiger partial charge in [0.15, 0.2) is 0 Å². The van der Waals surface area contributed by atoms with Gasteiger partial charge in [0.2, 0.25) is 5.95 Å². The molecule has 1 N–H and O–H groups in total. The van der Waals surface area contributed by atoms with E-state index in [0.717, 1.165) is 55.0 Å². The van der Waals surface area contributed by atoms with Crippen LogP contribution < -0.4 is 10.5 Å². The number of nitrogens with one attached hydrogen (secondary N) is 1. The van der Waals surface area contributed by atoms with Crippen LogP contribution in [0.1, 0.15) is 12.0 Å². The highest BCUT2D eigenvalue weighted by molar-refractivity contribution is 5.78. The first kappa shape index (κ1) is 15.8. The molecule has 2 aromatic heterocycles. The van der Waals surface area contributed by atoms with Gasteiger partial charge in [-0.1, -0.05) is 18.2 Å². The lowest BCUT2D eigenvalue weighted by Gasteiger charge is -2.21. The van der Waals surface area contributed by atoms with Crippen molar-refractivity contribution in [2.75, 3.05) is 31.1 Å². The van der Waals surface area contributed by atoms with E-state index in [2.05, 4.69) is 24.8 Å². The number of anilines is 1. The number of para-hydroxylation sites is 1. The highest BCUT2D eigenvalue weighted by Crippen LogP contribution is 2.14. The number of pyridine rings is 1. The van der Waals surface area contributed by atoms with Crippen molar-refractivity contribution in [3.63, 3.8) is 0 Å². The van der Waals surface area contributed by atoms with Crippen molar-refractivity contribution in [3.8, 4) is 0 Å². The van der Waals surface area contributed by atoms with Crippen LogP contribution in [0.3, 0.4) is 0 Å². The average Bonchev–Trinajstić information content (AvgIpc) is 2.89. The second kappa shape index (κ2) is 7.03. The van der Waals surface area contributed by atoms with Crippen LogP contribution in [0.5, 0.6) is 0 Å². The first-order chi connectivity index (χ1) is 12.3. The fraction of sp³-hybridized carbons (Fsp3) is 0.316. The molecule has 1 aliphatic rings. The Labute approximate surface area is 146 Å². The van der Waals surface area contributed by atoms with Crippen molar-refractivity contribution >= 4 is 16.9 Å². The second-order valence-electron chi connectivity index (χ2n) is 6.38. The quantitative estimate of drug-likeness (QED) is 0.793. The third kappa shape index (κ3) is 3.53. The summed E-state index contributed by atoms with van der Waals surface area (Å²) in [6.07, 6.45) is 4.59. The summed E-state index contributed by atoms with van der Waals surface area (Å²) in [6, 6.07) is 11.7. The summed E-state index contributed by atoms with van der Waals surface area (Å²) in [5.74, 6) is 0.785. The van der Waals surface area contributed by atoms with E-state index in [4.69, 9.17) is 0 Å².